The summed E-state index contributed by atoms with van der Waals surface area (Å²) in [5.41, 5.74) is 2.47. The summed E-state index contributed by atoms with van der Waals surface area (Å²) in [6, 6.07) is 18.6. The average Bonchev–Trinajstić information content (AvgIpc) is 2.84. The number of carbonyl (C=O) groups is 1. The van der Waals surface area contributed by atoms with Crippen molar-refractivity contribution in [2.75, 3.05) is 27.2 Å². The van der Waals surface area contributed by atoms with Crippen LogP contribution in [0.2, 0.25) is 0 Å². The van der Waals surface area contributed by atoms with Crippen molar-refractivity contribution in [1.29, 1.82) is 0 Å². The zero-order valence-electron chi connectivity index (χ0n) is 22.6. The molecule has 35 heavy (non-hydrogen) atoms. The molecule has 1 atom stereocenters. The highest BCUT2D eigenvalue weighted by atomic mass is 16.6. The molecule has 1 unspecified atom stereocenters. The van der Waals surface area contributed by atoms with Crippen LogP contribution >= 0.6 is 0 Å². The Kier molecular flexibility index (Phi) is 13.5. The van der Waals surface area contributed by atoms with Crippen molar-refractivity contribution in [3.63, 3.8) is 0 Å². The van der Waals surface area contributed by atoms with Crippen LogP contribution in [0, 0.1) is 0 Å². The predicted molar refractivity (Wildman–Crippen MR) is 146 cm³/mol. The maximum atomic E-state index is 12.6. The predicted octanol–water partition coefficient (Wildman–Crippen LogP) is 7.35. The number of hydrogen-bond donors (Lipinski definition) is 0. The Bertz CT molecular complexity index is 834. The van der Waals surface area contributed by atoms with Crippen molar-refractivity contribution in [2.24, 2.45) is 0 Å². The van der Waals surface area contributed by atoms with Gasteiger partial charge in [-0.15, -0.1) is 0 Å². The van der Waals surface area contributed by atoms with Crippen molar-refractivity contribution in [2.45, 2.75) is 90.7 Å². The first-order chi connectivity index (χ1) is 16.9. The van der Waals surface area contributed by atoms with Gasteiger partial charge >= 0.3 is 5.97 Å². The molecule has 0 aliphatic rings. The van der Waals surface area contributed by atoms with Crippen LogP contribution in [0.3, 0.4) is 0 Å². The molecule has 0 saturated carbocycles. The number of quaternary nitrogens is 1. The van der Waals surface area contributed by atoms with Crippen LogP contribution in [0.1, 0.15) is 82.8 Å². The van der Waals surface area contributed by atoms with Gasteiger partial charge in [-0.25, -0.2) is 4.79 Å². The minimum atomic E-state index is -0.180. The van der Waals surface area contributed by atoms with Crippen LogP contribution in [0.4, 0.5) is 0 Å². The molecular weight excluding hydrogens is 434 g/mol. The Balaban J connectivity index is 1.76. The summed E-state index contributed by atoms with van der Waals surface area (Å²) in [5.74, 6) is 0.749. The Hall–Kier alpha value is -2.33. The highest BCUT2D eigenvalue weighted by Crippen LogP contribution is 2.23. The van der Waals surface area contributed by atoms with E-state index in [1.165, 1.54) is 62.5 Å². The zero-order chi connectivity index (χ0) is 25.4. The maximum absolute atomic E-state index is 12.6. The number of ether oxygens (including phenoxy) is 2. The molecule has 194 valence electrons. The number of carbonyl (C=O) groups excluding carboxylic acids is 1. The second-order valence-electron chi connectivity index (χ2n) is 10.4. The molecule has 4 nitrogen and oxygen atoms in total. The largest absolute Gasteiger partial charge is 0.487 e. The van der Waals surface area contributed by atoms with Crippen LogP contribution < -0.4 is 4.74 Å². The number of rotatable bonds is 18. The van der Waals surface area contributed by atoms with E-state index in [0.717, 1.165) is 25.1 Å². The first-order valence-electron chi connectivity index (χ1n) is 13.7. The average molecular weight is 483 g/mol. The van der Waals surface area contributed by atoms with E-state index in [1.807, 2.05) is 30.3 Å². The van der Waals surface area contributed by atoms with E-state index >= 15 is 0 Å². The van der Waals surface area contributed by atoms with Crippen molar-refractivity contribution in [3.8, 4) is 5.75 Å². The molecule has 0 bridgehead atoms. The Morgan fingerprint density at radius 2 is 1.46 bits per heavy atom. The standard InChI is InChI=1S/C31H48NO3/c1-5-7-8-9-10-11-12-16-21-28-22-17-18-23-30(28)35-29(6-2)26-34-31(33)25-32(3,4)24-27-19-14-13-15-20-27/h13-15,17-20,22-23,29H,5-12,16,21,24-26H2,1-4H3/q+1. The fourth-order valence-corrected chi connectivity index (χ4v) is 4.40. The van der Waals surface area contributed by atoms with Crippen LogP contribution in [0.15, 0.2) is 54.6 Å². The SMILES string of the molecule is CCCCCCCCCCc1ccccc1OC(CC)COC(=O)C[N+](C)(C)Cc1ccccc1. The molecule has 2 aromatic carbocycles. The molecule has 0 fully saturated rings. The normalized spacial score (nSPS) is 12.3. The molecule has 0 N–H and O–H groups in total. The molecular formula is C31H48NO3+. The molecule has 0 spiro atoms. The van der Waals surface area contributed by atoms with Gasteiger partial charge in [0.1, 0.15) is 25.0 Å². The van der Waals surface area contributed by atoms with Gasteiger partial charge in [-0.1, -0.05) is 107 Å². The number of para-hydroxylation sites is 1. The smallest absolute Gasteiger partial charge is 0.361 e. The number of nitrogens with zero attached hydrogens (tertiary/aromatic N) is 1. The number of hydrogen-bond acceptors (Lipinski definition) is 3. The van der Waals surface area contributed by atoms with Crippen LogP contribution in [0.25, 0.3) is 0 Å². The van der Waals surface area contributed by atoms with Gasteiger partial charge in [-0.3, -0.25) is 0 Å². The first-order valence-corrected chi connectivity index (χ1v) is 13.7. The monoisotopic (exact) mass is 482 g/mol. The summed E-state index contributed by atoms with van der Waals surface area (Å²) in [6.07, 6.45) is 12.2. The van der Waals surface area contributed by atoms with Gasteiger partial charge in [0.05, 0.1) is 14.1 Å². The van der Waals surface area contributed by atoms with Gasteiger partial charge in [0, 0.05) is 5.56 Å². The Labute approximate surface area is 214 Å². The van der Waals surface area contributed by atoms with Crippen LogP contribution in [0.5, 0.6) is 5.75 Å². The highest BCUT2D eigenvalue weighted by Gasteiger charge is 2.23. The Morgan fingerprint density at radius 3 is 2.14 bits per heavy atom. The number of benzene rings is 2. The lowest BCUT2D eigenvalue weighted by Crippen LogP contribution is -2.44. The number of esters is 1. The van der Waals surface area contributed by atoms with E-state index in [-0.39, 0.29) is 18.7 Å². The Morgan fingerprint density at radius 1 is 0.829 bits per heavy atom. The topological polar surface area (TPSA) is 35.5 Å². The van der Waals surface area contributed by atoms with Gasteiger partial charge in [0.25, 0.3) is 0 Å². The summed E-state index contributed by atoms with van der Waals surface area (Å²) in [5, 5.41) is 0. The lowest BCUT2D eigenvalue weighted by atomic mass is 10.0. The zero-order valence-corrected chi connectivity index (χ0v) is 22.6. The lowest BCUT2D eigenvalue weighted by Gasteiger charge is -2.29. The highest BCUT2D eigenvalue weighted by molar-refractivity contribution is 5.70. The van der Waals surface area contributed by atoms with E-state index in [1.54, 1.807) is 0 Å². The molecule has 0 amide bonds. The van der Waals surface area contributed by atoms with Crippen molar-refractivity contribution < 1.29 is 18.8 Å². The van der Waals surface area contributed by atoms with E-state index in [9.17, 15) is 4.79 Å². The molecule has 2 rings (SSSR count). The van der Waals surface area contributed by atoms with E-state index in [0.29, 0.717) is 11.0 Å². The number of unbranched alkanes of at least 4 members (excludes halogenated alkanes) is 7. The molecule has 0 saturated heterocycles. The third-order valence-corrected chi connectivity index (χ3v) is 6.46. The lowest BCUT2D eigenvalue weighted by molar-refractivity contribution is -0.896. The quantitative estimate of drug-likeness (QED) is 0.127. The van der Waals surface area contributed by atoms with E-state index in [2.05, 4.69) is 52.2 Å². The summed E-state index contributed by atoms with van der Waals surface area (Å²) in [4.78, 5) is 12.6. The second-order valence-corrected chi connectivity index (χ2v) is 10.4. The molecule has 0 aliphatic carbocycles. The summed E-state index contributed by atoms with van der Waals surface area (Å²) >= 11 is 0. The minimum absolute atomic E-state index is 0.136. The van der Waals surface area contributed by atoms with Crippen molar-refractivity contribution in [3.05, 3.63) is 65.7 Å². The molecule has 0 heterocycles. The van der Waals surface area contributed by atoms with Crippen LogP contribution in [-0.2, 0) is 22.5 Å². The fraction of sp³-hybridized carbons (Fsp3) is 0.581. The van der Waals surface area contributed by atoms with Crippen molar-refractivity contribution in [1.82, 2.24) is 0 Å². The van der Waals surface area contributed by atoms with Crippen LogP contribution in [-0.4, -0.2) is 43.8 Å². The minimum Gasteiger partial charge on any atom is -0.487 e. The third-order valence-electron chi connectivity index (χ3n) is 6.46. The van der Waals surface area contributed by atoms with Gasteiger partial charge < -0.3 is 14.0 Å². The van der Waals surface area contributed by atoms with Gasteiger partial charge in [0.2, 0.25) is 0 Å². The van der Waals surface area contributed by atoms with Crippen molar-refractivity contribution >= 4 is 5.97 Å². The number of likely N-dealkylation sites (N-methyl/N-ethyl adjacent to an activating group) is 1. The molecule has 4 heteroatoms. The van der Waals surface area contributed by atoms with E-state index < -0.39 is 0 Å². The second kappa shape index (κ2) is 16.4. The fourth-order valence-electron chi connectivity index (χ4n) is 4.40. The summed E-state index contributed by atoms with van der Waals surface area (Å²) in [7, 11) is 4.12. The van der Waals surface area contributed by atoms with Gasteiger partial charge in [-0.05, 0) is 30.9 Å². The van der Waals surface area contributed by atoms with Gasteiger partial charge in [0.15, 0.2) is 6.54 Å². The molecule has 2 aromatic rings. The molecule has 0 radical (unpaired) electrons. The van der Waals surface area contributed by atoms with Gasteiger partial charge in [-0.2, -0.15) is 0 Å². The molecule has 0 aliphatic heterocycles. The molecule has 0 aromatic heterocycles. The maximum Gasteiger partial charge on any atom is 0.361 e. The summed E-state index contributed by atoms with van der Waals surface area (Å²) in [6.45, 7) is 5.75. The summed E-state index contributed by atoms with van der Waals surface area (Å²) < 4.78 is 12.5. The first kappa shape index (κ1) is 28.9. The number of aryl methyl sites for hydroxylation is 1. The third kappa shape index (κ3) is 12.3. The van der Waals surface area contributed by atoms with E-state index in [4.69, 9.17) is 9.47 Å².